The lowest BCUT2D eigenvalue weighted by molar-refractivity contribution is -0.136. The van der Waals surface area contributed by atoms with Crippen molar-refractivity contribution in [3.8, 4) is 16.9 Å². The molecule has 0 atom stereocenters. The Morgan fingerprint density at radius 3 is 2.31 bits per heavy atom. The fourth-order valence-electron chi connectivity index (χ4n) is 3.83. The molecule has 0 fully saturated rings. The molecule has 4 aromatic rings. The van der Waals surface area contributed by atoms with Crippen LogP contribution in [0.5, 0.6) is 5.75 Å². The Morgan fingerprint density at radius 1 is 0.833 bits per heavy atom. The topological polar surface area (TPSA) is 81.0 Å². The first kappa shape index (κ1) is 24.7. The van der Waals surface area contributed by atoms with Gasteiger partial charge in [-0.05, 0) is 52.9 Å². The van der Waals surface area contributed by atoms with Crippen LogP contribution in [0, 0.1) is 6.92 Å². The molecule has 36 heavy (non-hydrogen) atoms. The van der Waals surface area contributed by atoms with Gasteiger partial charge in [0.2, 0.25) is 0 Å². The van der Waals surface area contributed by atoms with E-state index in [0.717, 1.165) is 39.2 Å². The second-order valence-electron chi connectivity index (χ2n) is 8.27. The number of aliphatic carboxylic acids is 1. The van der Waals surface area contributed by atoms with Crippen molar-refractivity contribution in [3.05, 3.63) is 120 Å². The molecule has 182 valence electrons. The highest BCUT2D eigenvalue weighted by atomic mass is 16.6. The summed E-state index contributed by atoms with van der Waals surface area (Å²) < 4.78 is 5.83. The van der Waals surface area contributed by atoms with Crippen LogP contribution < -0.4 is 4.74 Å². The number of carbonyl (C=O) groups is 1. The number of carboxylic acid groups (broad SMARTS) is 1. The second kappa shape index (κ2) is 12.3. The molecular weight excluding hydrogens is 452 g/mol. The molecule has 0 aliphatic carbocycles. The molecule has 3 aromatic carbocycles. The fourth-order valence-corrected chi connectivity index (χ4v) is 3.83. The predicted octanol–water partition coefficient (Wildman–Crippen LogP) is 5.73. The van der Waals surface area contributed by atoms with Crippen LogP contribution in [0.4, 0.5) is 0 Å². The molecule has 0 saturated carbocycles. The summed E-state index contributed by atoms with van der Waals surface area (Å²) >= 11 is 0. The smallest absolute Gasteiger partial charge is 0.307 e. The summed E-state index contributed by atoms with van der Waals surface area (Å²) in [5.74, 6) is -0.225. The highest BCUT2D eigenvalue weighted by Gasteiger charge is 2.10. The molecule has 0 aliphatic heterocycles. The molecule has 0 aliphatic rings. The lowest BCUT2D eigenvalue weighted by atomic mass is 10.0. The van der Waals surface area contributed by atoms with Gasteiger partial charge >= 0.3 is 5.97 Å². The minimum Gasteiger partial charge on any atom is -0.490 e. The van der Waals surface area contributed by atoms with E-state index in [-0.39, 0.29) is 19.6 Å². The van der Waals surface area contributed by atoms with Crippen molar-refractivity contribution in [2.75, 3.05) is 13.2 Å². The molecule has 0 unspecified atom stereocenters. The van der Waals surface area contributed by atoms with Gasteiger partial charge in [-0.15, -0.1) is 0 Å². The zero-order valence-electron chi connectivity index (χ0n) is 20.1. The highest BCUT2D eigenvalue weighted by Crippen LogP contribution is 2.22. The van der Waals surface area contributed by atoms with Gasteiger partial charge in [-0.2, -0.15) is 0 Å². The van der Waals surface area contributed by atoms with E-state index in [2.05, 4.69) is 34.4 Å². The lowest BCUT2D eigenvalue weighted by Crippen LogP contribution is -2.11. The molecule has 0 saturated heterocycles. The molecule has 0 bridgehead atoms. The Hall–Kier alpha value is -4.45. The van der Waals surface area contributed by atoms with E-state index in [1.165, 1.54) is 0 Å². The normalized spacial score (nSPS) is 11.2. The van der Waals surface area contributed by atoms with Crippen LogP contribution in [0.2, 0.25) is 0 Å². The average molecular weight is 481 g/mol. The van der Waals surface area contributed by atoms with Crippen LogP contribution in [-0.4, -0.2) is 35.0 Å². The quantitative estimate of drug-likeness (QED) is 0.169. The Labute approximate surface area is 210 Å². The van der Waals surface area contributed by atoms with Gasteiger partial charge in [0.25, 0.3) is 0 Å². The lowest BCUT2D eigenvalue weighted by Gasteiger charge is -2.12. The number of pyridine rings is 1. The van der Waals surface area contributed by atoms with Gasteiger partial charge in [-0.3, -0.25) is 9.78 Å². The van der Waals surface area contributed by atoms with Gasteiger partial charge < -0.3 is 14.7 Å². The van der Waals surface area contributed by atoms with Crippen molar-refractivity contribution in [3.63, 3.8) is 0 Å². The average Bonchev–Trinajstić information content (AvgIpc) is 2.91. The summed E-state index contributed by atoms with van der Waals surface area (Å²) in [6.45, 7) is 2.39. The summed E-state index contributed by atoms with van der Waals surface area (Å²) in [6, 6.07) is 29.7. The first-order valence-electron chi connectivity index (χ1n) is 11.8. The van der Waals surface area contributed by atoms with E-state index in [0.29, 0.717) is 12.2 Å². The Morgan fingerprint density at radius 2 is 1.58 bits per heavy atom. The Kier molecular flexibility index (Phi) is 8.44. The van der Waals surface area contributed by atoms with E-state index in [4.69, 9.17) is 14.7 Å². The number of carboxylic acids is 1. The van der Waals surface area contributed by atoms with Crippen molar-refractivity contribution in [2.45, 2.75) is 19.8 Å². The molecule has 6 heteroatoms. The highest BCUT2D eigenvalue weighted by molar-refractivity contribution is 6.01. The van der Waals surface area contributed by atoms with Crippen molar-refractivity contribution in [2.24, 2.45) is 5.16 Å². The molecular formula is C30H28N2O4. The molecule has 1 aromatic heterocycles. The standard InChI is InChI=1S/C30H28N2O4/c1-22-26(20-30(33)34)10-7-12-29(22)35-18-19-36-32-28(21-27-11-5-6-17-31-27)25-15-13-24(14-16-25)23-8-3-2-4-9-23/h2-17H,18-21H2,1H3,(H,33,34). The minimum atomic E-state index is -0.870. The molecule has 4 rings (SSSR count). The first-order chi connectivity index (χ1) is 17.6. The zero-order valence-corrected chi connectivity index (χ0v) is 20.1. The second-order valence-corrected chi connectivity index (χ2v) is 8.27. The van der Waals surface area contributed by atoms with Crippen LogP contribution in [0.1, 0.15) is 22.4 Å². The van der Waals surface area contributed by atoms with E-state index in [9.17, 15) is 4.79 Å². The number of rotatable bonds is 11. The number of aromatic nitrogens is 1. The molecule has 0 amide bonds. The van der Waals surface area contributed by atoms with Crippen LogP contribution >= 0.6 is 0 Å². The number of nitrogens with zero attached hydrogens (tertiary/aromatic N) is 2. The number of hydrogen-bond donors (Lipinski definition) is 1. The van der Waals surface area contributed by atoms with Crippen LogP contribution in [-0.2, 0) is 22.5 Å². The van der Waals surface area contributed by atoms with Gasteiger partial charge in [0.1, 0.15) is 12.4 Å². The van der Waals surface area contributed by atoms with Crippen LogP contribution in [0.15, 0.2) is 102 Å². The fraction of sp³-hybridized carbons (Fsp3) is 0.167. The van der Waals surface area contributed by atoms with Gasteiger partial charge in [0, 0.05) is 18.3 Å². The van der Waals surface area contributed by atoms with Crippen molar-refractivity contribution in [1.29, 1.82) is 0 Å². The minimum absolute atomic E-state index is 0.0379. The maximum absolute atomic E-state index is 11.1. The summed E-state index contributed by atoms with van der Waals surface area (Å²) in [7, 11) is 0. The summed E-state index contributed by atoms with van der Waals surface area (Å²) in [5.41, 5.74) is 6.46. The number of benzene rings is 3. The molecule has 0 spiro atoms. The number of ether oxygens (including phenoxy) is 1. The summed E-state index contributed by atoms with van der Waals surface area (Å²) in [5, 5.41) is 13.5. The monoisotopic (exact) mass is 480 g/mol. The van der Waals surface area contributed by atoms with Gasteiger partial charge in [0.15, 0.2) is 6.61 Å². The third-order valence-electron chi connectivity index (χ3n) is 5.74. The maximum Gasteiger partial charge on any atom is 0.307 e. The molecule has 6 nitrogen and oxygen atoms in total. The number of hydrogen-bond acceptors (Lipinski definition) is 5. The van der Waals surface area contributed by atoms with Crippen molar-refractivity contribution in [1.82, 2.24) is 4.98 Å². The van der Waals surface area contributed by atoms with Gasteiger partial charge in [0.05, 0.1) is 12.1 Å². The van der Waals surface area contributed by atoms with Crippen LogP contribution in [0.3, 0.4) is 0 Å². The largest absolute Gasteiger partial charge is 0.490 e. The Bertz CT molecular complexity index is 1300. The van der Waals surface area contributed by atoms with Gasteiger partial charge in [-0.25, -0.2) is 0 Å². The third kappa shape index (κ3) is 6.79. The number of oxime groups is 1. The molecule has 0 radical (unpaired) electrons. The molecule has 1 heterocycles. The van der Waals surface area contributed by atoms with E-state index in [1.807, 2.05) is 61.5 Å². The third-order valence-corrected chi connectivity index (χ3v) is 5.74. The van der Waals surface area contributed by atoms with Crippen LogP contribution in [0.25, 0.3) is 11.1 Å². The first-order valence-corrected chi connectivity index (χ1v) is 11.8. The SMILES string of the molecule is Cc1c(CC(=O)O)cccc1OCCON=C(Cc1ccccn1)c1ccc(-c2ccccc2)cc1. The Balaban J connectivity index is 1.43. The molecule has 1 N–H and O–H groups in total. The zero-order chi connectivity index (χ0) is 25.2. The maximum atomic E-state index is 11.1. The van der Waals surface area contributed by atoms with E-state index in [1.54, 1.807) is 18.3 Å². The van der Waals surface area contributed by atoms with Crippen molar-refractivity contribution < 1.29 is 19.5 Å². The van der Waals surface area contributed by atoms with Crippen molar-refractivity contribution >= 4 is 11.7 Å². The van der Waals surface area contributed by atoms with E-state index < -0.39 is 5.97 Å². The predicted molar refractivity (Wildman–Crippen MR) is 140 cm³/mol. The van der Waals surface area contributed by atoms with Gasteiger partial charge in [-0.1, -0.05) is 78.0 Å². The van der Waals surface area contributed by atoms with E-state index >= 15 is 0 Å². The summed E-state index contributed by atoms with van der Waals surface area (Å²) in [6.07, 6.45) is 2.26. The summed E-state index contributed by atoms with van der Waals surface area (Å²) in [4.78, 5) is 21.1.